The van der Waals surface area contributed by atoms with E-state index in [2.05, 4.69) is 13.8 Å². The maximum Gasteiger partial charge on any atom is 0.314 e. The number of aliphatic hydroxyl groups is 2. The van der Waals surface area contributed by atoms with Crippen molar-refractivity contribution in [3.05, 3.63) is 0 Å². The van der Waals surface area contributed by atoms with Crippen molar-refractivity contribution < 1.29 is 19.7 Å². The minimum absolute atomic E-state index is 0.0317. The van der Waals surface area contributed by atoms with Crippen molar-refractivity contribution in [1.82, 2.24) is 0 Å². The molecule has 2 unspecified atom stereocenters. The van der Waals surface area contributed by atoms with Crippen LogP contribution < -0.4 is 0 Å². The molecule has 132 valence electrons. The molecule has 2 atom stereocenters. The number of rotatable bonds is 13. The summed E-state index contributed by atoms with van der Waals surface area (Å²) >= 11 is 0. The van der Waals surface area contributed by atoms with E-state index in [1.54, 1.807) is 0 Å². The van der Waals surface area contributed by atoms with Gasteiger partial charge in [-0.15, -0.1) is 0 Å². The van der Waals surface area contributed by atoms with Gasteiger partial charge in [-0.05, 0) is 25.7 Å². The number of hydrogen-bond acceptors (Lipinski definition) is 4. The number of carbonyl (C=O) groups excluding carboxylic acids is 1. The Kier molecular flexibility index (Phi) is 10.7. The van der Waals surface area contributed by atoms with Crippen LogP contribution in [0.2, 0.25) is 0 Å². The van der Waals surface area contributed by atoms with E-state index >= 15 is 0 Å². The Morgan fingerprint density at radius 3 is 1.91 bits per heavy atom. The first kappa shape index (κ1) is 21.4. The highest BCUT2D eigenvalue weighted by molar-refractivity contribution is 5.77. The lowest BCUT2D eigenvalue weighted by atomic mass is 9.80. The predicted molar refractivity (Wildman–Crippen MR) is 89.6 cm³/mol. The first-order valence-corrected chi connectivity index (χ1v) is 8.88. The highest BCUT2D eigenvalue weighted by Gasteiger charge is 2.39. The molecule has 4 heteroatoms. The lowest BCUT2D eigenvalue weighted by Gasteiger charge is -2.33. The summed E-state index contributed by atoms with van der Waals surface area (Å²) in [4.78, 5) is 12.5. The molecule has 0 heterocycles. The van der Waals surface area contributed by atoms with Crippen LogP contribution in [-0.2, 0) is 9.53 Å². The molecule has 0 aromatic heterocycles. The summed E-state index contributed by atoms with van der Waals surface area (Å²) in [6.45, 7) is 8.23. The average Bonchev–Trinajstić information content (AvgIpc) is 2.57. The number of ether oxygens (including phenoxy) is 1. The molecule has 0 saturated carbocycles. The summed E-state index contributed by atoms with van der Waals surface area (Å²) in [5, 5.41) is 19.4. The van der Waals surface area contributed by atoms with Crippen LogP contribution >= 0.6 is 0 Å². The minimum Gasteiger partial charge on any atom is -0.465 e. The molecular formula is C18H36O4. The van der Waals surface area contributed by atoms with Crippen LogP contribution in [0.15, 0.2) is 0 Å². The Morgan fingerprint density at radius 2 is 1.50 bits per heavy atom. The molecule has 0 saturated heterocycles. The van der Waals surface area contributed by atoms with Crippen molar-refractivity contribution in [2.24, 2.45) is 10.8 Å². The van der Waals surface area contributed by atoms with E-state index in [1.165, 1.54) is 0 Å². The summed E-state index contributed by atoms with van der Waals surface area (Å²) in [5.74, 6) is -0.311. The zero-order valence-electron chi connectivity index (χ0n) is 15.0. The molecule has 0 fully saturated rings. The fourth-order valence-electron chi connectivity index (χ4n) is 2.70. The second-order valence-electron chi connectivity index (χ2n) is 6.59. The van der Waals surface area contributed by atoms with Gasteiger partial charge in [0, 0.05) is 5.41 Å². The zero-order chi connectivity index (χ0) is 17.1. The molecule has 0 radical (unpaired) electrons. The van der Waals surface area contributed by atoms with Crippen molar-refractivity contribution in [3.8, 4) is 0 Å². The zero-order valence-corrected chi connectivity index (χ0v) is 15.0. The van der Waals surface area contributed by atoms with Gasteiger partial charge in [-0.3, -0.25) is 4.79 Å². The molecule has 0 amide bonds. The van der Waals surface area contributed by atoms with Crippen molar-refractivity contribution in [2.75, 3.05) is 19.8 Å². The van der Waals surface area contributed by atoms with Crippen LogP contribution in [0.25, 0.3) is 0 Å². The molecule has 0 aliphatic carbocycles. The molecule has 0 bridgehead atoms. The van der Waals surface area contributed by atoms with Crippen LogP contribution in [0.1, 0.15) is 79.1 Å². The Balaban J connectivity index is 4.83. The Labute approximate surface area is 136 Å². The van der Waals surface area contributed by atoms with Crippen LogP contribution in [0.3, 0.4) is 0 Å². The molecule has 0 spiro atoms. The minimum atomic E-state index is -0.782. The summed E-state index contributed by atoms with van der Waals surface area (Å²) in [5.41, 5.74) is -1.12. The molecule has 2 N–H and O–H groups in total. The van der Waals surface area contributed by atoms with E-state index in [4.69, 9.17) is 4.74 Å². The van der Waals surface area contributed by atoms with E-state index in [-0.39, 0.29) is 31.2 Å². The Hall–Kier alpha value is -0.610. The highest BCUT2D eigenvalue weighted by atomic mass is 16.5. The fraction of sp³-hybridized carbons (Fsp3) is 0.944. The summed E-state index contributed by atoms with van der Waals surface area (Å²) < 4.78 is 5.57. The van der Waals surface area contributed by atoms with Crippen LogP contribution in [0.4, 0.5) is 0 Å². The van der Waals surface area contributed by atoms with Gasteiger partial charge in [-0.1, -0.05) is 53.4 Å². The fourth-order valence-corrected chi connectivity index (χ4v) is 2.70. The summed E-state index contributed by atoms with van der Waals surface area (Å²) in [6.07, 6.45) is 6.83. The number of hydrogen-bond donors (Lipinski definition) is 2. The second-order valence-corrected chi connectivity index (χ2v) is 6.59. The third-order valence-corrected chi connectivity index (χ3v) is 5.08. The average molecular weight is 316 g/mol. The molecule has 0 aromatic carbocycles. The number of unbranched alkanes of at least 4 members (excludes halogenated alkanes) is 2. The van der Waals surface area contributed by atoms with E-state index in [0.717, 1.165) is 38.5 Å². The molecular weight excluding hydrogens is 280 g/mol. The van der Waals surface area contributed by atoms with Crippen LogP contribution in [0, 0.1) is 10.8 Å². The van der Waals surface area contributed by atoms with Gasteiger partial charge in [0.15, 0.2) is 0 Å². The normalized spacial score (nSPS) is 16.8. The van der Waals surface area contributed by atoms with Gasteiger partial charge in [-0.2, -0.15) is 0 Å². The number of carbonyl (C=O) groups is 1. The maximum atomic E-state index is 12.5. The predicted octanol–water partition coefficient (Wildman–Crippen LogP) is 3.69. The smallest absolute Gasteiger partial charge is 0.314 e. The summed E-state index contributed by atoms with van der Waals surface area (Å²) in [6, 6.07) is 0. The molecule has 0 aliphatic rings. The number of esters is 1. The second kappa shape index (κ2) is 11.0. The van der Waals surface area contributed by atoms with Gasteiger partial charge in [0.2, 0.25) is 0 Å². The van der Waals surface area contributed by atoms with Crippen LogP contribution in [0.5, 0.6) is 0 Å². The van der Waals surface area contributed by atoms with E-state index in [1.807, 2.05) is 13.8 Å². The lowest BCUT2D eigenvalue weighted by Crippen LogP contribution is -2.39. The third kappa shape index (κ3) is 5.88. The topological polar surface area (TPSA) is 66.8 Å². The lowest BCUT2D eigenvalue weighted by molar-refractivity contribution is -0.164. The van der Waals surface area contributed by atoms with Crippen molar-refractivity contribution in [1.29, 1.82) is 0 Å². The van der Waals surface area contributed by atoms with Gasteiger partial charge in [0.05, 0.1) is 25.2 Å². The molecule has 4 nitrogen and oxygen atoms in total. The first-order valence-electron chi connectivity index (χ1n) is 8.88. The standard InChI is InChI=1S/C18H36O4/c1-5-9-11-17(7-3,13-19)15-22-16(21)18(8-4,14-20)12-10-6-2/h19-20H,5-15H2,1-4H3. The maximum absolute atomic E-state index is 12.5. The molecule has 22 heavy (non-hydrogen) atoms. The SMILES string of the molecule is CCCCC(CC)(CO)COC(=O)C(CC)(CO)CCCC. The quantitative estimate of drug-likeness (QED) is 0.509. The monoisotopic (exact) mass is 316 g/mol. The van der Waals surface area contributed by atoms with Crippen LogP contribution in [-0.4, -0.2) is 36.0 Å². The molecule has 0 aliphatic heterocycles. The van der Waals surface area contributed by atoms with E-state index in [9.17, 15) is 15.0 Å². The van der Waals surface area contributed by atoms with Crippen molar-refractivity contribution in [3.63, 3.8) is 0 Å². The van der Waals surface area contributed by atoms with Gasteiger partial charge in [0.1, 0.15) is 0 Å². The van der Waals surface area contributed by atoms with Crippen molar-refractivity contribution in [2.45, 2.75) is 79.1 Å². The van der Waals surface area contributed by atoms with Gasteiger partial charge < -0.3 is 14.9 Å². The largest absolute Gasteiger partial charge is 0.465 e. The first-order chi connectivity index (χ1) is 10.5. The molecule has 0 aromatic rings. The Bertz CT molecular complexity index is 293. The van der Waals surface area contributed by atoms with E-state index in [0.29, 0.717) is 12.8 Å². The Morgan fingerprint density at radius 1 is 0.909 bits per heavy atom. The van der Waals surface area contributed by atoms with Gasteiger partial charge >= 0.3 is 5.97 Å². The van der Waals surface area contributed by atoms with E-state index < -0.39 is 5.41 Å². The van der Waals surface area contributed by atoms with Gasteiger partial charge in [-0.25, -0.2) is 0 Å². The third-order valence-electron chi connectivity index (χ3n) is 5.08. The highest BCUT2D eigenvalue weighted by Crippen LogP contribution is 2.33. The molecule has 0 rings (SSSR count). The number of aliphatic hydroxyl groups excluding tert-OH is 2. The summed E-state index contributed by atoms with van der Waals surface area (Å²) in [7, 11) is 0. The van der Waals surface area contributed by atoms with Crippen molar-refractivity contribution >= 4 is 5.97 Å². The van der Waals surface area contributed by atoms with Gasteiger partial charge in [0.25, 0.3) is 0 Å².